The van der Waals surface area contributed by atoms with E-state index in [9.17, 15) is 9.59 Å². The molecule has 18 heavy (non-hydrogen) atoms. The van der Waals surface area contributed by atoms with Crippen molar-refractivity contribution in [3.63, 3.8) is 0 Å². The maximum atomic E-state index is 11.5. The zero-order valence-corrected chi connectivity index (χ0v) is 10.1. The first-order valence-electron chi connectivity index (χ1n) is 5.39. The molecule has 6 heteroatoms. The Morgan fingerprint density at radius 3 is 2.89 bits per heavy atom. The maximum Gasteiger partial charge on any atom is 0.262 e. The van der Waals surface area contributed by atoms with Gasteiger partial charge in [-0.25, -0.2) is 0 Å². The highest BCUT2D eigenvalue weighted by atomic mass is 16.5. The van der Waals surface area contributed by atoms with Gasteiger partial charge in [-0.1, -0.05) is 6.07 Å². The van der Waals surface area contributed by atoms with Crippen molar-refractivity contribution in [3.05, 3.63) is 23.8 Å². The molecule has 1 aliphatic rings. The lowest BCUT2D eigenvalue weighted by atomic mass is 9.94. The van der Waals surface area contributed by atoms with Crippen LogP contribution in [0.1, 0.15) is 12.5 Å². The first-order valence-corrected chi connectivity index (χ1v) is 5.39. The number of benzene rings is 1. The monoisotopic (exact) mass is 250 g/mol. The molecule has 1 aromatic carbocycles. The minimum absolute atomic E-state index is 0.0102. The lowest BCUT2D eigenvalue weighted by Gasteiger charge is -2.27. The number of nitrogens with one attached hydrogen (secondary N) is 1. The molecule has 1 heterocycles. The summed E-state index contributed by atoms with van der Waals surface area (Å²) in [6.07, 6.45) is 0. The fourth-order valence-corrected chi connectivity index (χ4v) is 1.74. The topological polar surface area (TPSA) is 90.6 Å². The number of amides is 2. The van der Waals surface area contributed by atoms with Crippen LogP contribution in [0, 0.1) is 0 Å². The largest absolute Gasteiger partial charge is 0.482 e. The average molecular weight is 250 g/mol. The van der Waals surface area contributed by atoms with Crippen LogP contribution in [0.3, 0.4) is 0 Å². The number of rotatable bonds is 3. The van der Waals surface area contributed by atoms with Crippen molar-refractivity contribution >= 4 is 17.5 Å². The molecule has 0 spiro atoms. The fraction of sp³-hybridized carbons (Fsp3) is 0.333. The molecule has 0 saturated heterocycles. The third-order valence-electron chi connectivity index (χ3n) is 3.04. The number of hydrogen-bond acceptors (Lipinski definition) is 4. The molecule has 1 aromatic rings. The molecule has 1 atom stereocenters. The summed E-state index contributed by atoms with van der Waals surface area (Å²) in [7, 11) is 1.40. The first-order chi connectivity index (χ1) is 8.47. The van der Waals surface area contributed by atoms with Gasteiger partial charge in [0, 0.05) is 7.11 Å². The molecule has 1 unspecified atom stereocenters. The highest BCUT2D eigenvalue weighted by molar-refractivity contribution is 5.96. The molecule has 0 fully saturated rings. The second-order valence-electron chi connectivity index (χ2n) is 4.15. The standard InChI is InChI=1S/C12H14N2O4/c1-12(17-2,11(13)16)7-3-4-9-8(5-7)14-10(15)6-18-9/h3-5H,6H2,1-2H3,(H2,13,16)(H,14,15). The fourth-order valence-electron chi connectivity index (χ4n) is 1.74. The van der Waals surface area contributed by atoms with Gasteiger partial charge < -0.3 is 20.5 Å². The molecule has 6 nitrogen and oxygen atoms in total. The van der Waals surface area contributed by atoms with Crippen LogP contribution in [-0.2, 0) is 19.9 Å². The van der Waals surface area contributed by atoms with Crippen molar-refractivity contribution in [1.29, 1.82) is 0 Å². The third kappa shape index (κ3) is 1.91. The summed E-state index contributed by atoms with van der Waals surface area (Å²) >= 11 is 0. The normalized spacial score (nSPS) is 17.1. The Morgan fingerprint density at radius 2 is 2.28 bits per heavy atom. The summed E-state index contributed by atoms with van der Waals surface area (Å²) < 4.78 is 10.4. The van der Waals surface area contributed by atoms with Gasteiger partial charge in [0.2, 0.25) is 0 Å². The van der Waals surface area contributed by atoms with Gasteiger partial charge in [0.25, 0.3) is 11.8 Å². The van der Waals surface area contributed by atoms with Gasteiger partial charge in [-0.05, 0) is 24.6 Å². The molecule has 1 aliphatic heterocycles. The summed E-state index contributed by atoms with van der Waals surface area (Å²) in [4.78, 5) is 22.7. The van der Waals surface area contributed by atoms with E-state index in [2.05, 4.69) is 5.32 Å². The van der Waals surface area contributed by atoms with Crippen LogP contribution >= 0.6 is 0 Å². The summed E-state index contributed by atoms with van der Waals surface area (Å²) in [5, 5.41) is 2.66. The summed E-state index contributed by atoms with van der Waals surface area (Å²) in [5.74, 6) is -0.285. The second kappa shape index (κ2) is 4.30. The van der Waals surface area contributed by atoms with Gasteiger partial charge >= 0.3 is 0 Å². The Bertz CT molecular complexity index is 515. The minimum Gasteiger partial charge on any atom is -0.482 e. The molecular weight excluding hydrogens is 236 g/mol. The molecule has 0 aliphatic carbocycles. The predicted molar refractivity (Wildman–Crippen MR) is 64.1 cm³/mol. The van der Waals surface area contributed by atoms with Crippen LogP contribution in [0.25, 0.3) is 0 Å². The van der Waals surface area contributed by atoms with Crippen LogP contribution in [0.5, 0.6) is 5.75 Å². The van der Waals surface area contributed by atoms with Crippen LogP contribution in [0.2, 0.25) is 0 Å². The van der Waals surface area contributed by atoms with E-state index in [0.29, 0.717) is 17.0 Å². The number of ether oxygens (including phenoxy) is 2. The lowest BCUT2D eigenvalue weighted by Crippen LogP contribution is -2.40. The van der Waals surface area contributed by atoms with Crippen LogP contribution in [-0.4, -0.2) is 25.5 Å². The van der Waals surface area contributed by atoms with Crippen molar-refractivity contribution in [3.8, 4) is 5.75 Å². The number of nitrogens with two attached hydrogens (primary N) is 1. The molecule has 0 radical (unpaired) electrons. The quantitative estimate of drug-likeness (QED) is 0.810. The van der Waals surface area contributed by atoms with Crippen LogP contribution in [0.4, 0.5) is 5.69 Å². The predicted octanol–water partition coefficient (Wildman–Crippen LogP) is 0.364. The molecular formula is C12H14N2O4. The number of carbonyl (C=O) groups excluding carboxylic acids is 2. The van der Waals surface area contributed by atoms with E-state index in [4.69, 9.17) is 15.2 Å². The number of hydrogen-bond donors (Lipinski definition) is 2. The van der Waals surface area contributed by atoms with Gasteiger partial charge in [-0.2, -0.15) is 0 Å². The number of methoxy groups -OCH3 is 1. The molecule has 2 rings (SSSR count). The molecule has 2 amide bonds. The van der Waals surface area contributed by atoms with Crippen molar-refractivity contribution in [2.75, 3.05) is 19.0 Å². The smallest absolute Gasteiger partial charge is 0.262 e. The Hall–Kier alpha value is -2.08. The molecule has 0 saturated carbocycles. The van der Waals surface area contributed by atoms with Gasteiger partial charge in [0.1, 0.15) is 5.75 Å². The number of primary amides is 1. The zero-order valence-electron chi connectivity index (χ0n) is 10.1. The zero-order chi connectivity index (χ0) is 13.3. The summed E-state index contributed by atoms with van der Waals surface area (Å²) in [6.45, 7) is 1.56. The molecule has 3 N–H and O–H groups in total. The van der Waals surface area contributed by atoms with Gasteiger partial charge in [0.05, 0.1) is 5.69 Å². The average Bonchev–Trinajstić information content (AvgIpc) is 2.36. The lowest BCUT2D eigenvalue weighted by molar-refractivity contribution is -0.139. The van der Waals surface area contributed by atoms with E-state index in [-0.39, 0.29) is 12.5 Å². The minimum atomic E-state index is -1.24. The van der Waals surface area contributed by atoms with E-state index in [1.165, 1.54) is 7.11 Å². The number of carbonyl (C=O) groups is 2. The van der Waals surface area contributed by atoms with E-state index in [0.717, 1.165) is 0 Å². The third-order valence-corrected chi connectivity index (χ3v) is 3.04. The summed E-state index contributed by atoms with van der Waals surface area (Å²) in [5.41, 5.74) is 5.16. The second-order valence-corrected chi connectivity index (χ2v) is 4.15. The van der Waals surface area contributed by atoms with Gasteiger partial charge in [-0.3, -0.25) is 9.59 Å². The molecule has 0 bridgehead atoms. The van der Waals surface area contributed by atoms with E-state index in [1.54, 1.807) is 25.1 Å². The van der Waals surface area contributed by atoms with Crippen molar-refractivity contribution in [2.45, 2.75) is 12.5 Å². The molecule has 0 aromatic heterocycles. The van der Waals surface area contributed by atoms with E-state index in [1.807, 2.05) is 0 Å². The molecule has 96 valence electrons. The first kappa shape index (κ1) is 12.4. The Morgan fingerprint density at radius 1 is 1.56 bits per heavy atom. The van der Waals surface area contributed by atoms with Crippen LogP contribution < -0.4 is 15.8 Å². The van der Waals surface area contributed by atoms with Gasteiger partial charge in [-0.15, -0.1) is 0 Å². The van der Waals surface area contributed by atoms with E-state index < -0.39 is 11.5 Å². The van der Waals surface area contributed by atoms with Gasteiger partial charge in [0.15, 0.2) is 12.2 Å². The van der Waals surface area contributed by atoms with Crippen molar-refractivity contribution < 1.29 is 19.1 Å². The van der Waals surface area contributed by atoms with Crippen LogP contribution in [0.15, 0.2) is 18.2 Å². The highest BCUT2D eigenvalue weighted by Crippen LogP contribution is 2.33. The maximum absolute atomic E-state index is 11.5. The number of fused-ring (bicyclic) bond motifs is 1. The SMILES string of the molecule is COC(C)(C(N)=O)c1ccc2c(c1)NC(=O)CO2. The number of anilines is 1. The Kier molecular flexibility index (Phi) is 2.96. The van der Waals surface area contributed by atoms with E-state index >= 15 is 0 Å². The Balaban J connectivity index is 2.45. The van der Waals surface area contributed by atoms with Crippen molar-refractivity contribution in [2.24, 2.45) is 5.73 Å². The Labute approximate surface area is 104 Å². The van der Waals surface area contributed by atoms with Crippen molar-refractivity contribution in [1.82, 2.24) is 0 Å². The summed E-state index contributed by atoms with van der Waals surface area (Å²) in [6, 6.07) is 4.98. The highest BCUT2D eigenvalue weighted by Gasteiger charge is 2.34.